The number of hydrogen-bond acceptors (Lipinski definition) is 4. The summed E-state index contributed by atoms with van der Waals surface area (Å²) in [6.07, 6.45) is 2.12. The van der Waals surface area contributed by atoms with E-state index in [1.807, 2.05) is 11.8 Å². The minimum atomic E-state index is -0.220. The Kier molecular flexibility index (Phi) is 5.21. The van der Waals surface area contributed by atoms with Gasteiger partial charge in [-0.05, 0) is 6.42 Å². The highest BCUT2D eigenvalue weighted by Crippen LogP contribution is 2.09. The Morgan fingerprint density at radius 2 is 2.38 bits per heavy atom. The van der Waals surface area contributed by atoms with Crippen LogP contribution in [-0.2, 0) is 9.59 Å². The van der Waals surface area contributed by atoms with Gasteiger partial charge in [-0.25, -0.2) is 5.84 Å². The smallest absolute Gasteiger partial charge is 0.251 e. The molecule has 0 aromatic carbocycles. The fourth-order valence-corrected chi connectivity index (χ4v) is 1.95. The van der Waals surface area contributed by atoms with Gasteiger partial charge in [0.05, 0.1) is 6.04 Å². The number of carbonyl (C=O) groups excluding carboxylic acids is 2. The van der Waals surface area contributed by atoms with E-state index in [0.717, 1.165) is 12.8 Å². The lowest BCUT2D eigenvalue weighted by Gasteiger charge is -2.28. The van der Waals surface area contributed by atoms with Crippen molar-refractivity contribution in [2.75, 3.05) is 19.6 Å². The van der Waals surface area contributed by atoms with E-state index >= 15 is 0 Å². The molecule has 0 saturated carbocycles. The molecule has 0 bridgehead atoms. The normalized spacial score (nSPS) is 19.8. The van der Waals surface area contributed by atoms with Gasteiger partial charge < -0.3 is 5.32 Å². The first kappa shape index (κ1) is 12.9. The van der Waals surface area contributed by atoms with Gasteiger partial charge in [0.25, 0.3) is 5.91 Å². The van der Waals surface area contributed by atoms with Gasteiger partial charge in [0, 0.05) is 26.1 Å². The molecular weight excluding hydrogens is 208 g/mol. The van der Waals surface area contributed by atoms with Crippen molar-refractivity contribution in [2.24, 2.45) is 5.84 Å². The van der Waals surface area contributed by atoms with Crippen molar-refractivity contribution in [1.29, 1.82) is 0 Å². The second kappa shape index (κ2) is 6.44. The van der Waals surface area contributed by atoms with Crippen molar-refractivity contribution in [2.45, 2.75) is 32.2 Å². The Bertz CT molecular complexity index is 257. The van der Waals surface area contributed by atoms with Crippen molar-refractivity contribution >= 4 is 11.8 Å². The van der Waals surface area contributed by atoms with Crippen molar-refractivity contribution in [3.63, 3.8) is 0 Å². The molecule has 0 radical (unpaired) electrons. The Labute approximate surface area is 95.5 Å². The van der Waals surface area contributed by atoms with Crippen molar-refractivity contribution in [3.05, 3.63) is 0 Å². The monoisotopic (exact) mass is 228 g/mol. The SMILES string of the molecule is CCCC(C(=O)NN)N1CCNC(=O)CC1. The van der Waals surface area contributed by atoms with Crippen LogP contribution in [0.15, 0.2) is 0 Å². The second-order valence-electron chi connectivity index (χ2n) is 3.95. The fourth-order valence-electron chi connectivity index (χ4n) is 1.95. The molecule has 2 amide bonds. The van der Waals surface area contributed by atoms with Crippen LogP contribution in [-0.4, -0.2) is 42.4 Å². The van der Waals surface area contributed by atoms with Crippen LogP contribution in [0.1, 0.15) is 26.2 Å². The summed E-state index contributed by atoms with van der Waals surface area (Å²) >= 11 is 0. The molecule has 4 N–H and O–H groups in total. The molecule has 1 fully saturated rings. The molecule has 6 heteroatoms. The Balaban J connectivity index is 2.61. The summed E-state index contributed by atoms with van der Waals surface area (Å²) in [7, 11) is 0. The lowest BCUT2D eigenvalue weighted by atomic mass is 10.1. The number of rotatable bonds is 4. The zero-order valence-corrected chi connectivity index (χ0v) is 9.66. The van der Waals surface area contributed by atoms with Crippen LogP contribution in [0.25, 0.3) is 0 Å². The summed E-state index contributed by atoms with van der Waals surface area (Å²) in [5.41, 5.74) is 2.19. The fraction of sp³-hybridized carbons (Fsp3) is 0.800. The molecule has 0 aliphatic carbocycles. The third-order valence-electron chi connectivity index (χ3n) is 2.80. The maximum absolute atomic E-state index is 11.6. The van der Waals surface area contributed by atoms with Crippen LogP contribution in [0, 0.1) is 0 Å². The van der Waals surface area contributed by atoms with E-state index in [9.17, 15) is 9.59 Å². The van der Waals surface area contributed by atoms with Gasteiger partial charge in [-0.2, -0.15) is 0 Å². The van der Waals surface area contributed by atoms with Gasteiger partial charge in [0.2, 0.25) is 5.91 Å². The summed E-state index contributed by atoms with van der Waals surface area (Å²) in [5, 5.41) is 2.78. The highest BCUT2D eigenvalue weighted by molar-refractivity contribution is 5.81. The van der Waals surface area contributed by atoms with Crippen LogP contribution in [0.4, 0.5) is 0 Å². The van der Waals surface area contributed by atoms with Crippen LogP contribution in [0.3, 0.4) is 0 Å². The van der Waals surface area contributed by atoms with E-state index in [-0.39, 0.29) is 17.9 Å². The number of nitrogens with two attached hydrogens (primary N) is 1. The second-order valence-corrected chi connectivity index (χ2v) is 3.95. The summed E-state index contributed by atoms with van der Waals surface area (Å²) in [6, 6.07) is -0.220. The Morgan fingerprint density at radius 3 is 3.00 bits per heavy atom. The minimum Gasteiger partial charge on any atom is -0.355 e. The molecule has 0 spiro atoms. The van der Waals surface area contributed by atoms with Crippen molar-refractivity contribution in [3.8, 4) is 0 Å². The molecule has 1 saturated heterocycles. The van der Waals surface area contributed by atoms with Crippen molar-refractivity contribution in [1.82, 2.24) is 15.6 Å². The third kappa shape index (κ3) is 3.46. The molecule has 1 heterocycles. The summed E-state index contributed by atoms with van der Waals surface area (Å²) in [5.74, 6) is 5.04. The molecule has 1 aliphatic heterocycles. The molecule has 16 heavy (non-hydrogen) atoms. The number of amides is 2. The number of nitrogens with zero attached hydrogens (tertiary/aromatic N) is 1. The minimum absolute atomic E-state index is 0.0471. The number of hydrazine groups is 1. The van der Waals surface area contributed by atoms with Gasteiger partial charge in [0.15, 0.2) is 0 Å². The topological polar surface area (TPSA) is 87.5 Å². The first-order chi connectivity index (χ1) is 7.69. The van der Waals surface area contributed by atoms with Gasteiger partial charge in [0.1, 0.15) is 0 Å². The lowest BCUT2D eigenvalue weighted by molar-refractivity contribution is -0.127. The van der Waals surface area contributed by atoms with Gasteiger partial charge in [-0.15, -0.1) is 0 Å². The number of hydrogen-bond donors (Lipinski definition) is 3. The Morgan fingerprint density at radius 1 is 1.62 bits per heavy atom. The molecular formula is C10H20N4O2. The Hall–Kier alpha value is -1.14. The average Bonchev–Trinajstić information content (AvgIpc) is 2.50. The molecule has 0 aromatic heterocycles. The van der Waals surface area contributed by atoms with E-state index in [1.54, 1.807) is 0 Å². The van der Waals surface area contributed by atoms with E-state index in [2.05, 4.69) is 10.7 Å². The summed E-state index contributed by atoms with van der Waals surface area (Å²) in [4.78, 5) is 24.8. The molecule has 1 atom stereocenters. The predicted octanol–water partition coefficient (Wildman–Crippen LogP) is -1.03. The molecule has 6 nitrogen and oxygen atoms in total. The zero-order valence-electron chi connectivity index (χ0n) is 9.66. The molecule has 92 valence electrons. The van der Waals surface area contributed by atoms with Gasteiger partial charge in [-0.1, -0.05) is 13.3 Å². The van der Waals surface area contributed by atoms with Crippen LogP contribution in [0.5, 0.6) is 0 Å². The van der Waals surface area contributed by atoms with E-state index in [0.29, 0.717) is 26.1 Å². The molecule has 1 unspecified atom stereocenters. The lowest BCUT2D eigenvalue weighted by Crippen LogP contribution is -2.50. The van der Waals surface area contributed by atoms with E-state index in [1.165, 1.54) is 0 Å². The average molecular weight is 228 g/mol. The van der Waals surface area contributed by atoms with E-state index in [4.69, 9.17) is 5.84 Å². The summed E-state index contributed by atoms with van der Waals surface area (Å²) < 4.78 is 0. The van der Waals surface area contributed by atoms with Crippen LogP contribution >= 0.6 is 0 Å². The van der Waals surface area contributed by atoms with Crippen molar-refractivity contribution < 1.29 is 9.59 Å². The first-order valence-corrected chi connectivity index (χ1v) is 5.70. The zero-order chi connectivity index (χ0) is 12.0. The molecule has 0 aromatic rings. The maximum Gasteiger partial charge on any atom is 0.251 e. The predicted molar refractivity (Wildman–Crippen MR) is 60.2 cm³/mol. The molecule has 1 aliphatic rings. The first-order valence-electron chi connectivity index (χ1n) is 5.70. The van der Waals surface area contributed by atoms with E-state index < -0.39 is 0 Å². The van der Waals surface area contributed by atoms with Crippen LogP contribution in [0.2, 0.25) is 0 Å². The van der Waals surface area contributed by atoms with Crippen LogP contribution < -0.4 is 16.6 Å². The highest BCUT2D eigenvalue weighted by Gasteiger charge is 2.26. The number of carbonyl (C=O) groups is 2. The largest absolute Gasteiger partial charge is 0.355 e. The highest BCUT2D eigenvalue weighted by atomic mass is 16.2. The van der Waals surface area contributed by atoms with Gasteiger partial charge in [-0.3, -0.25) is 19.9 Å². The summed E-state index contributed by atoms with van der Waals surface area (Å²) in [6.45, 7) is 3.93. The number of nitrogens with one attached hydrogen (secondary N) is 2. The van der Waals surface area contributed by atoms with Gasteiger partial charge >= 0.3 is 0 Å². The third-order valence-corrected chi connectivity index (χ3v) is 2.80. The standard InChI is InChI=1S/C10H20N4O2/c1-2-3-8(10(16)13-11)14-6-4-9(15)12-5-7-14/h8H,2-7,11H2,1H3,(H,12,15)(H,13,16). The maximum atomic E-state index is 11.6. The quantitative estimate of drug-likeness (QED) is 0.326. The molecule has 1 rings (SSSR count).